The van der Waals surface area contributed by atoms with Crippen molar-refractivity contribution >= 4 is 35.0 Å². The summed E-state index contributed by atoms with van der Waals surface area (Å²) in [5.41, 5.74) is 2.86. The van der Waals surface area contributed by atoms with Crippen molar-refractivity contribution in [3.8, 4) is 11.4 Å². The van der Waals surface area contributed by atoms with Crippen molar-refractivity contribution < 1.29 is 23.9 Å². The lowest BCUT2D eigenvalue weighted by Crippen LogP contribution is -2.41. The number of carbonyl (C=O) groups excluding carboxylic acids is 3. The van der Waals surface area contributed by atoms with Gasteiger partial charge in [-0.05, 0) is 70.4 Å². The number of Topliss-reactive ketones (excluding diaryl/α,β-unsaturated/α-hetero) is 1. The number of hydrogen-bond donors (Lipinski definition) is 1. The van der Waals surface area contributed by atoms with E-state index < -0.39 is 17.6 Å². The summed E-state index contributed by atoms with van der Waals surface area (Å²) < 4.78 is 10.4. The average Bonchev–Trinajstić information content (AvgIpc) is 3.01. The van der Waals surface area contributed by atoms with E-state index in [1.807, 2.05) is 46.8 Å². The van der Waals surface area contributed by atoms with E-state index in [0.29, 0.717) is 22.0 Å². The molecule has 3 rings (SSSR count). The van der Waals surface area contributed by atoms with E-state index in [4.69, 9.17) is 21.1 Å². The highest BCUT2D eigenvalue weighted by molar-refractivity contribution is 6.30. The Morgan fingerprint density at radius 2 is 1.74 bits per heavy atom. The van der Waals surface area contributed by atoms with E-state index in [-0.39, 0.29) is 36.9 Å². The molecule has 1 aliphatic carbocycles. The maximum absolute atomic E-state index is 13.5. The molecule has 1 aliphatic rings. The molecule has 8 nitrogen and oxygen atoms in total. The second-order valence-electron chi connectivity index (χ2n) is 9.56. The second kappa shape index (κ2) is 10.6. The first-order chi connectivity index (χ1) is 16.4. The van der Waals surface area contributed by atoms with Gasteiger partial charge in [-0.15, -0.1) is 0 Å². The van der Waals surface area contributed by atoms with Gasteiger partial charge in [0, 0.05) is 42.3 Å². The Labute approximate surface area is 210 Å². The molecule has 0 radical (unpaired) electrons. The maximum atomic E-state index is 13.5. The maximum Gasteiger partial charge on any atom is 0.513 e. The summed E-state index contributed by atoms with van der Waals surface area (Å²) in [4.78, 5) is 46.8. The van der Waals surface area contributed by atoms with Crippen LogP contribution in [0.2, 0.25) is 5.02 Å². The number of carbonyl (C=O) groups is 3. The third kappa shape index (κ3) is 6.45. The van der Waals surface area contributed by atoms with Gasteiger partial charge in [0.15, 0.2) is 11.6 Å². The third-order valence-electron chi connectivity index (χ3n) is 5.40. The Kier molecular flexibility index (Phi) is 7.95. The number of halogens is 1. The molecule has 2 aromatic rings. The van der Waals surface area contributed by atoms with Crippen LogP contribution in [-0.4, -0.2) is 40.0 Å². The van der Waals surface area contributed by atoms with Gasteiger partial charge >= 0.3 is 6.16 Å². The second-order valence-corrected chi connectivity index (χ2v) is 10.00. The van der Waals surface area contributed by atoms with Gasteiger partial charge in [-0.25, -0.2) is 14.8 Å². The minimum absolute atomic E-state index is 0.00984. The van der Waals surface area contributed by atoms with E-state index in [1.165, 1.54) is 12.4 Å². The first kappa shape index (κ1) is 26.3. The molecule has 1 amide bonds. The molecule has 0 bridgehead atoms. The van der Waals surface area contributed by atoms with Crippen LogP contribution in [0, 0.1) is 19.8 Å². The molecule has 0 aliphatic heterocycles. The first-order valence-corrected chi connectivity index (χ1v) is 11.8. The lowest BCUT2D eigenvalue weighted by molar-refractivity contribution is -0.127. The van der Waals surface area contributed by atoms with Crippen LogP contribution in [0.15, 0.2) is 30.3 Å². The number of nitrogens with zero attached hydrogens (tertiary/aromatic N) is 2. The SMILES string of the molecule is CCOC(=O)OC1=C(c2c(C)cc(-c3ncc(Cl)cn3)cc2C)C(=O)C(CC(=O)NC(C)(C)C)C1. The Morgan fingerprint density at radius 3 is 2.29 bits per heavy atom. The fourth-order valence-electron chi connectivity index (χ4n) is 4.17. The van der Waals surface area contributed by atoms with Gasteiger partial charge in [0.2, 0.25) is 5.91 Å². The van der Waals surface area contributed by atoms with Gasteiger partial charge in [0.1, 0.15) is 5.76 Å². The highest BCUT2D eigenvalue weighted by Gasteiger charge is 2.39. The number of ether oxygens (including phenoxy) is 2. The molecule has 0 saturated carbocycles. The van der Waals surface area contributed by atoms with E-state index in [9.17, 15) is 14.4 Å². The van der Waals surface area contributed by atoms with E-state index in [1.54, 1.807) is 6.92 Å². The molecule has 9 heteroatoms. The van der Waals surface area contributed by atoms with Crippen LogP contribution in [-0.2, 0) is 19.1 Å². The molecule has 0 fully saturated rings. The van der Waals surface area contributed by atoms with Crippen LogP contribution in [0.25, 0.3) is 17.0 Å². The largest absolute Gasteiger partial charge is 0.513 e. The topological polar surface area (TPSA) is 107 Å². The van der Waals surface area contributed by atoms with Crippen LogP contribution >= 0.6 is 11.6 Å². The zero-order valence-electron chi connectivity index (χ0n) is 20.8. The van der Waals surface area contributed by atoms with Gasteiger partial charge in [0.05, 0.1) is 17.2 Å². The molecule has 1 N–H and O–H groups in total. The van der Waals surface area contributed by atoms with Crippen LogP contribution in [0.3, 0.4) is 0 Å². The number of aryl methyl sites for hydroxylation is 2. The van der Waals surface area contributed by atoms with Gasteiger partial charge in [-0.3, -0.25) is 9.59 Å². The Bertz CT molecular complexity index is 1160. The molecule has 1 heterocycles. The molecular weight excluding hydrogens is 470 g/mol. The van der Waals surface area contributed by atoms with Crippen molar-refractivity contribution in [3.05, 3.63) is 52.0 Å². The standard InChI is InChI=1S/C26H30ClN3O5/c1-7-34-25(33)35-19-10-16(11-20(31)30-26(4,5)6)23(32)22(19)21-14(2)8-17(9-15(21)3)24-28-12-18(27)13-29-24/h8-9,12-13,16H,7,10-11H2,1-6H3,(H,30,31). The minimum Gasteiger partial charge on any atom is -0.434 e. The smallest absolute Gasteiger partial charge is 0.434 e. The predicted octanol–water partition coefficient (Wildman–Crippen LogP) is 5.19. The molecule has 0 saturated heterocycles. The number of hydrogen-bond acceptors (Lipinski definition) is 7. The molecular formula is C26H30ClN3O5. The van der Waals surface area contributed by atoms with Crippen molar-refractivity contribution in [2.75, 3.05) is 6.61 Å². The summed E-state index contributed by atoms with van der Waals surface area (Å²) >= 11 is 5.91. The van der Waals surface area contributed by atoms with Gasteiger partial charge in [-0.1, -0.05) is 11.6 Å². The molecule has 0 spiro atoms. The number of rotatable bonds is 6. The number of amides is 1. The first-order valence-electron chi connectivity index (χ1n) is 11.4. The monoisotopic (exact) mass is 499 g/mol. The molecule has 1 unspecified atom stereocenters. The summed E-state index contributed by atoms with van der Waals surface area (Å²) in [5.74, 6) is -0.413. The van der Waals surface area contributed by atoms with Crippen LogP contribution < -0.4 is 5.32 Å². The van der Waals surface area contributed by atoms with Crippen molar-refractivity contribution in [2.45, 2.75) is 59.9 Å². The lowest BCUT2D eigenvalue weighted by atomic mass is 9.89. The normalized spacial score (nSPS) is 15.9. The number of ketones is 1. The molecule has 1 aromatic heterocycles. The van der Waals surface area contributed by atoms with Crippen molar-refractivity contribution in [3.63, 3.8) is 0 Å². The molecule has 186 valence electrons. The summed E-state index contributed by atoms with van der Waals surface area (Å²) in [6, 6.07) is 3.74. The fraction of sp³-hybridized carbons (Fsp3) is 0.423. The molecule has 1 aromatic carbocycles. The number of allylic oxidation sites excluding steroid dienone is 2. The molecule has 35 heavy (non-hydrogen) atoms. The lowest BCUT2D eigenvalue weighted by Gasteiger charge is -2.21. The number of benzene rings is 1. The van der Waals surface area contributed by atoms with Gasteiger partial charge in [0.25, 0.3) is 0 Å². The highest BCUT2D eigenvalue weighted by Crippen LogP contribution is 2.41. The predicted molar refractivity (Wildman–Crippen MR) is 133 cm³/mol. The Hall–Kier alpha value is -3.26. The third-order valence-corrected chi connectivity index (χ3v) is 5.60. The highest BCUT2D eigenvalue weighted by atomic mass is 35.5. The van der Waals surface area contributed by atoms with Crippen molar-refractivity contribution in [2.24, 2.45) is 5.92 Å². The van der Waals surface area contributed by atoms with E-state index in [2.05, 4.69) is 15.3 Å². The van der Waals surface area contributed by atoms with E-state index >= 15 is 0 Å². The summed E-state index contributed by atoms with van der Waals surface area (Å²) in [5, 5.41) is 3.32. The quantitative estimate of drug-likeness (QED) is 0.545. The number of aromatic nitrogens is 2. The summed E-state index contributed by atoms with van der Waals surface area (Å²) in [7, 11) is 0. The zero-order valence-corrected chi connectivity index (χ0v) is 21.6. The Morgan fingerprint density at radius 1 is 1.14 bits per heavy atom. The number of nitrogens with one attached hydrogen (secondary N) is 1. The molecule has 1 atom stereocenters. The average molecular weight is 500 g/mol. The van der Waals surface area contributed by atoms with Crippen molar-refractivity contribution in [1.82, 2.24) is 15.3 Å². The van der Waals surface area contributed by atoms with Gasteiger partial charge in [-0.2, -0.15) is 0 Å². The minimum atomic E-state index is -0.880. The van der Waals surface area contributed by atoms with Crippen LogP contribution in [0.5, 0.6) is 0 Å². The summed E-state index contributed by atoms with van der Waals surface area (Å²) in [6.45, 7) is 11.2. The van der Waals surface area contributed by atoms with Crippen LogP contribution in [0.1, 0.15) is 57.2 Å². The van der Waals surface area contributed by atoms with E-state index in [0.717, 1.165) is 16.7 Å². The fourth-order valence-corrected chi connectivity index (χ4v) is 4.27. The van der Waals surface area contributed by atoms with Crippen LogP contribution in [0.4, 0.5) is 4.79 Å². The zero-order chi connectivity index (χ0) is 25.9. The Balaban J connectivity index is 2.00. The van der Waals surface area contributed by atoms with Crippen molar-refractivity contribution in [1.29, 1.82) is 0 Å². The summed E-state index contributed by atoms with van der Waals surface area (Å²) in [6.07, 6.45) is 2.28. The van der Waals surface area contributed by atoms with Gasteiger partial charge < -0.3 is 14.8 Å².